The summed E-state index contributed by atoms with van der Waals surface area (Å²) in [6.07, 6.45) is 11.2. The van der Waals surface area contributed by atoms with Crippen molar-refractivity contribution in [3.05, 3.63) is 218 Å². The lowest BCUT2D eigenvalue weighted by molar-refractivity contribution is 1.22. The third-order valence-corrected chi connectivity index (χ3v) is 8.88. The SMILES string of the molecule is C=CCc1ccc(N(c2ccc(CC=C)cc2)c2ccc(-c3ccc(N(c4ccc(CC=C)cc4)c4ccc(CC=C)cc4)cc3)cc2)cc1. The first-order valence-electron chi connectivity index (χ1n) is 17.2. The van der Waals surface area contributed by atoms with Gasteiger partial charge in [0.15, 0.2) is 0 Å². The van der Waals surface area contributed by atoms with Gasteiger partial charge in [-0.3, -0.25) is 0 Å². The number of nitrogens with zero attached hydrogens (tertiary/aromatic N) is 2. The maximum absolute atomic E-state index is 3.90. The van der Waals surface area contributed by atoms with Crippen molar-refractivity contribution in [1.82, 2.24) is 0 Å². The van der Waals surface area contributed by atoms with Crippen molar-refractivity contribution in [1.29, 1.82) is 0 Å². The van der Waals surface area contributed by atoms with Crippen molar-refractivity contribution < 1.29 is 0 Å². The minimum absolute atomic E-state index is 0.853. The van der Waals surface area contributed by atoms with Gasteiger partial charge in [-0.1, -0.05) is 97.1 Å². The van der Waals surface area contributed by atoms with Crippen LogP contribution in [0.3, 0.4) is 0 Å². The van der Waals surface area contributed by atoms with Gasteiger partial charge in [0.1, 0.15) is 0 Å². The zero-order valence-corrected chi connectivity index (χ0v) is 28.7. The van der Waals surface area contributed by atoms with Gasteiger partial charge in [0.2, 0.25) is 0 Å². The summed E-state index contributed by atoms with van der Waals surface area (Å²) >= 11 is 0. The number of allylic oxidation sites excluding steroid dienone is 4. The summed E-state index contributed by atoms with van der Waals surface area (Å²) in [7, 11) is 0. The minimum Gasteiger partial charge on any atom is -0.311 e. The van der Waals surface area contributed by atoms with Crippen molar-refractivity contribution in [2.45, 2.75) is 25.7 Å². The van der Waals surface area contributed by atoms with Crippen LogP contribution in [0.5, 0.6) is 0 Å². The molecule has 0 bridgehead atoms. The van der Waals surface area contributed by atoms with Crippen LogP contribution in [-0.4, -0.2) is 0 Å². The summed E-state index contributed by atoms with van der Waals surface area (Å²) in [4.78, 5) is 4.61. The molecule has 0 aromatic heterocycles. The Kier molecular flexibility index (Phi) is 11.0. The Labute approximate surface area is 298 Å². The third kappa shape index (κ3) is 7.94. The van der Waals surface area contributed by atoms with Gasteiger partial charge in [-0.15, -0.1) is 26.3 Å². The maximum atomic E-state index is 3.90. The Morgan fingerprint density at radius 1 is 0.280 bits per heavy atom. The van der Waals surface area contributed by atoms with Gasteiger partial charge in [-0.2, -0.15) is 0 Å². The van der Waals surface area contributed by atoms with Crippen molar-refractivity contribution >= 4 is 34.1 Å². The lowest BCUT2D eigenvalue weighted by Crippen LogP contribution is -2.10. The van der Waals surface area contributed by atoms with Crippen molar-refractivity contribution in [3.8, 4) is 11.1 Å². The van der Waals surface area contributed by atoms with Gasteiger partial charge in [0.05, 0.1) is 0 Å². The molecule has 0 amide bonds. The highest BCUT2D eigenvalue weighted by atomic mass is 15.1. The first-order chi connectivity index (χ1) is 24.6. The molecule has 0 N–H and O–H groups in total. The number of rotatable bonds is 15. The summed E-state index contributed by atoms with van der Waals surface area (Å²) in [5.41, 5.74) is 14.0. The zero-order valence-electron chi connectivity index (χ0n) is 28.7. The lowest BCUT2D eigenvalue weighted by atomic mass is 10.0. The van der Waals surface area contributed by atoms with Crippen LogP contribution in [0, 0.1) is 0 Å². The second-order valence-corrected chi connectivity index (χ2v) is 12.4. The van der Waals surface area contributed by atoms with E-state index in [-0.39, 0.29) is 0 Å². The highest BCUT2D eigenvalue weighted by Crippen LogP contribution is 2.38. The van der Waals surface area contributed by atoms with Crippen molar-refractivity contribution in [2.24, 2.45) is 0 Å². The van der Waals surface area contributed by atoms with E-state index < -0.39 is 0 Å². The van der Waals surface area contributed by atoms with Crippen LogP contribution in [0.25, 0.3) is 11.1 Å². The largest absolute Gasteiger partial charge is 0.311 e. The molecule has 2 nitrogen and oxygen atoms in total. The van der Waals surface area contributed by atoms with Crippen molar-refractivity contribution in [3.63, 3.8) is 0 Å². The molecule has 0 heterocycles. The molecule has 6 rings (SSSR count). The lowest BCUT2D eigenvalue weighted by Gasteiger charge is -2.26. The predicted molar refractivity (Wildman–Crippen MR) is 217 cm³/mol. The van der Waals surface area contributed by atoms with E-state index in [9.17, 15) is 0 Å². The second-order valence-electron chi connectivity index (χ2n) is 12.4. The van der Waals surface area contributed by atoms with E-state index in [2.05, 4.69) is 182 Å². The zero-order chi connectivity index (χ0) is 34.7. The highest BCUT2D eigenvalue weighted by Gasteiger charge is 2.15. The minimum atomic E-state index is 0.853. The van der Waals surface area contributed by atoms with Gasteiger partial charge >= 0.3 is 0 Å². The average Bonchev–Trinajstić information content (AvgIpc) is 3.16. The van der Waals surface area contributed by atoms with Crippen LogP contribution in [0.4, 0.5) is 34.1 Å². The second kappa shape index (κ2) is 16.3. The molecule has 0 aliphatic heterocycles. The Bertz CT molecular complexity index is 1760. The molecule has 0 saturated heterocycles. The van der Waals surface area contributed by atoms with Gasteiger partial charge in [-0.05, 0) is 132 Å². The number of anilines is 6. The molecule has 50 heavy (non-hydrogen) atoms. The van der Waals surface area contributed by atoms with Crippen LogP contribution in [0.15, 0.2) is 196 Å². The maximum Gasteiger partial charge on any atom is 0.0462 e. The molecule has 0 spiro atoms. The van der Waals surface area contributed by atoms with Crippen LogP contribution in [-0.2, 0) is 25.7 Å². The fraction of sp³-hybridized carbons (Fsp3) is 0.0833. The van der Waals surface area contributed by atoms with Crippen LogP contribution < -0.4 is 9.80 Å². The Hall–Kier alpha value is -6.12. The van der Waals surface area contributed by atoms with E-state index >= 15 is 0 Å². The molecule has 0 fully saturated rings. The molecule has 0 aliphatic rings. The van der Waals surface area contributed by atoms with E-state index in [0.29, 0.717) is 0 Å². The van der Waals surface area contributed by atoms with E-state index in [1.54, 1.807) is 0 Å². The topological polar surface area (TPSA) is 6.48 Å². The van der Waals surface area contributed by atoms with Gasteiger partial charge in [-0.25, -0.2) is 0 Å². The van der Waals surface area contributed by atoms with E-state index in [0.717, 1.165) is 70.9 Å². The summed E-state index contributed by atoms with van der Waals surface area (Å²) in [5, 5.41) is 0. The summed E-state index contributed by atoms with van der Waals surface area (Å²) in [5.74, 6) is 0. The standard InChI is InChI=1S/C48H44N2/c1-5-9-37-13-25-43(26-14-37)49(44-27-15-38(10-6-2)16-28-44)47-33-21-41(22-34-47)42-23-35-48(36-24-42)50(45-29-17-39(11-7-3)18-30-45)46-31-19-40(12-8-4)20-32-46/h5-8,13-36H,1-4,9-12H2. The third-order valence-electron chi connectivity index (χ3n) is 8.88. The molecular formula is C48H44N2. The first kappa shape index (κ1) is 33.8. The fourth-order valence-corrected chi connectivity index (χ4v) is 6.29. The molecule has 246 valence electrons. The van der Waals surface area contributed by atoms with E-state index in [4.69, 9.17) is 0 Å². The van der Waals surface area contributed by atoms with Crippen LogP contribution >= 0.6 is 0 Å². The van der Waals surface area contributed by atoms with E-state index in [1.165, 1.54) is 22.3 Å². The van der Waals surface area contributed by atoms with Crippen LogP contribution in [0.2, 0.25) is 0 Å². The molecule has 0 aliphatic carbocycles. The number of benzene rings is 6. The smallest absolute Gasteiger partial charge is 0.0462 e. The number of hydrogen-bond acceptors (Lipinski definition) is 2. The first-order valence-corrected chi connectivity index (χ1v) is 17.2. The normalized spacial score (nSPS) is 10.6. The van der Waals surface area contributed by atoms with Gasteiger partial charge in [0, 0.05) is 34.1 Å². The Balaban J connectivity index is 1.30. The summed E-state index contributed by atoms with van der Waals surface area (Å²) < 4.78 is 0. The summed E-state index contributed by atoms with van der Waals surface area (Å²) in [6.45, 7) is 15.6. The highest BCUT2D eigenvalue weighted by molar-refractivity contribution is 5.81. The van der Waals surface area contributed by atoms with E-state index in [1.807, 2.05) is 24.3 Å². The molecule has 6 aromatic carbocycles. The predicted octanol–water partition coefficient (Wildman–Crippen LogP) is 13.2. The van der Waals surface area contributed by atoms with Crippen LogP contribution in [0.1, 0.15) is 22.3 Å². The van der Waals surface area contributed by atoms with Gasteiger partial charge < -0.3 is 9.80 Å². The molecule has 2 heteroatoms. The molecule has 0 atom stereocenters. The number of hydrogen-bond donors (Lipinski definition) is 0. The summed E-state index contributed by atoms with van der Waals surface area (Å²) in [6, 6.07) is 52.6. The molecule has 6 aromatic rings. The van der Waals surface area contributed by atoms with Gasteiger partial charge in [0.25, 0.3) is 0 Å². The van der Waals surface area contributed by atoms with Crippen molar-refractivity contribution in [2.75, 3.05) is 9.80 Å². The molecule has 0 radical (unpaired) electrons. The Morgan fingerprint density at radius 3 is 0.640 bits per heavy atom. The fourth-order valence-electron chi connectivity index (χ4n) is 6.29. The monoisotopic (exact) mass is 648 g/mol. The molecular weight excluding hydrogens is 605 g/mol. The quantitative estimate of drug-likeness (QED) is 0.102. The average molecular weight is 649 g/mol. The Morgan fingerprint density at radius 2 is 0.460 bits per heavy atom. The molecule has 0 unspecified atom stereocenters. The molecule has 0 saturated carbocycles.